The summed E-state index contributed by atoms with van der Waals surface area (Å²) in [6.45, 7) is -0.0230. The average Bonchev–Trinajstić information content (AvgIpc) is 3.06. The van der Waals surface area contributed by atoms with Gasteiger partial charge in [0.2, 0.25) is 13.3 Å². The first-order chi connectivity index (χ1) is 22.2. The van der Waals surface area contributed by atoms with E-state index in [2.05, 4.69) is 10.6 Å². The first kappa shape index (κ1) is 34.2. The van der Waals surface area contributed by atoms with Gasteiger partial charge in [-0.2, -0.15) is 0 Å². The maximum absolute atomic E-state index is 14.1. The highest BCUT2D eigenvalue weighted by Gasteiger charge is 2.38. The predicted octanol–water partition coefficient (Wildman–Crippen LogP) is 5.81. The van der Waals surface area contributed by atoms with Crippen molar-refractivity contribution < 1.29 is 33.7 Å². The molecule has 46 heavy (non-hydrogen) atoms. The summed E-state index contributed by atoms with van der Waals surface area (Å²) in [6, 6.07) is 35.1. The van der Waals surface area contributed by atoms with Gasteiger partial charge in [0.05, 0.1) is 5.92 Å². The number of amides is 2. The molecule has 0 aliphatic carbocycles. The van der Waals surface area contributed by atoms with Crippen molar-refractivity contribution in [3.8, 4) is 0 Å². The molecular weight excluding hydrogens is 603 g/mol. The Morgan fingerprint density at radius 3 is 1.67 bits per heavy atom. The second-order valence-electron chi connectivity index (χ2n) is 11.2. The zero-order valence-corrected chi connectivity index (χ0v) is 26.3. The summed E-state index contributed by atoms with van der Waals surface area (Å²) in [6.07, 6.45) is -0.686. The number of nitrogens with one attached hydrogen (secondary N) is 2. The molecule has 4 aromatic rings. The zero-order chi connectivity index (χ0) is 32.8. The van der Waals surface area contributed by atoms with Crippen molar-refractivity contribution >= 4 is 25.3 Å². The van der Waals surface area contributed by atoms with Gasteiger partial charge in [-0.15, -0.1) is 0 Å². The number of hydrogen-bond donors (Lipinski definition) is 4. The third kappa shape index (κ3) is 11.0. The minimum absolute atomic E-state index is 0.0230. The SMILES string of the molecule is O=C(NC(CCc1ccccc1)P(=O)(O)CC(Cc1ccccc1)C(=O)N[C@@H](Cc1ccccc1)C(=O)O)OCc1ccccc1. The van der Waals surface area contributed by atoms with Crippen molar-refractivity contribution in [3.05, 3.63) is 144 Å². The molecule has 0 fully saturated rings. The van der Waals surface area contributed by atoms with E-state index in [0.717, 1.165) is 22.3 Å². The predicted molar refractivity (Wildman–Crippen MR) is 176 cm³/mol. The summed E-state index contributed by atoms with van der Waals surface area (Å²) >= 11 is 0. The van der Waals surface area contributed by atoms with Crippen molar-refractivity contribution in [1.82, 2.24) is 10.6 Å². The number of aryl methyl sites for hydroxylation is 1. The first-order valence-corrected chi connectivity index (χ1v) is 17.0. The van der Waals surface area contributed by atoms with Gasteiger partial charge >= 0.3 is 12.1 Å². The largest absolute Gasteiger partial charge is 0.480 e. The second-order valence-corrected chi connectivity index (χ2v) is 13.7. The van der Waals surface area contributed by atoms with E-state index >= 15 is 0 Å². The lowest BCUT2D eigenvalue weighted by molar-refractivity contribution is -0.142. The number of alkyl carbamates (subject to hydrolysis) is 1. The highest BCUT2D eigenvalue weighted by molar-refractivity contribution is 7.58. The number of hydrogen-bond acceptors (Lipinski definition) is 5. The molecule has 0 aromatic heterocycles. The van der Waals surface area contributed by atoms with Crippen LogP contribution in [0.1, 0.15) is 28.7 Å². The van der Waals surface area contributed by atoms with Crippen LogP contribution >= 0.6 is 7.37 Å². The van der Waals surface area contributed by atoms with Crippen LogP contribution in [-0.2, 0) is 44.8 Å². The number of rotatable bonds is 16. The maximum Gasteiger partial charge on any atom is 0.408 e. The smallest absolute Gasteiger partial charge is 0.408 e. The molecule has 0 aliphatic heterocycles. The quantitative estimate of drug-likeness (QED) is 0.113. The van der Waals surface area contributed by atoms with E-state index in [1.165, 1.54) is 0 Å². The monoisotopic (exact) mass is 642 g/mol. The highest BCUT2D eigenvalue weighted by Crippen LogP contribution is 2.49. The Morgan fingerprint density at radius 2 is 1.15 bits per heavy atom. The van der Waals surface area contributed by atoms with Crippen molar-refractivity contribution in [3.63, 3.8) is 0 Å². The standard InChI is InChI=1S/C36H39N2O7P/c39-34(37-32(35(40)41)24-29-17-9-3-10-18-29)31(23-28-15-7-2-8-16-28)26-46(43,44)33(22-21-27-13-5-1-6-14-27)38-36(42)45-25-30-19-11-4-12-20-30/h1-20,31-33H,21-26H2,(H,37,39)(H,38,42)(H,40,41)(H,43,44)/t31?,32-,33?/m0/s1. The molecule has 2 amide bonds. The molecule has 240 valence electrons. The summed E-state index contributed by atoms with van der Waals surface area (Å²) in [5, 5.41) is 15.1. The van der Waals surface area contributed by atoms with Gasteiger partial charge in [-0.1, -0.05) is 121 Å². The minimum atomic E-state index is -4.29. The zero-order valence-electron chi connectivity index (χ0n) is 25.4. The van der Waals surface area contributed by atoms with E-state index < -0.39 is 49.2 Å². The van der Waals surface area contributed by atoms with Gasteiger partial charge in [-0.3, -0.25) is 9.36 Å². The molecular formula is C36H39N2O7P. The number of ether oxygens (including phenoxy) is 1. The lowest BCUT2D eigenvalue weighted by atomic mass is 9.99. The highest BCUT2D eigenvalue weighted by atomic mass is 31.2. The minimum Gasteiger partial charge on any atom is -0.480 e. The Bertz CT molecular complexity index is 1590. The molecule has 0 saturated carbocycles. The lowest BCUT2D eigenvalue weighted by Gasteiger charge is -2.28. The van der Waals surface area contributed by atoms with Crippen LogP contribution in [0.25, 0.3) is 0 Å². The van der Waals surface area contributed by atoms with Gasteiger partial charge in [0.1, 0.15) is 18.4 Å². The number of carbonyl (C=O) groups is 3. The summed E-state index contributed by atoms with van der Waals surface area (Å²) in [5.74, 6) is -4.15. The molecule has 4 atom stereocenters. The molecule has 9 nitrogen and oxygen atoms in total. The van der Waals surface area contributed by atoms with Gasteiger partial charge in [0.15, 0.2) is 0 Å². The number of carboxylic acid groups (broad SMARTS) is 1. The van der Waals surface area contributed by atoms with Crippen LogP contribution in [0.3, 0.4) is 0 Å². The molecule has 3 unspecified atom stereocenters. The molecule has 0 heterocycles. The Kier molecular flexibility index (Phi) is 12.7. The molecule has 4 N–H and O–H groups in total. The molecule has 0 bridgehead atoms. The number of carboxylic acids is 1. The fraction of sp³-hybridized carbons (Fsp3) is 0.250. The summed E-state index contributed by atoms with van der Waals surface area (Å²) in [5.41, 5.74) is 3.14. The molecule has 0 radical (unpaired) electrons. The van der Waals surface area contributed by atoms with Crippen molar-refractivity contribution in [1.29, 1.82) is 0 Å². The van der Waals surface area contributed by atoms with Gasteiger partial charge in [-0.05, 0) is 41.5 Å². The molecule has 10 heteroatoms. The van der Waals surface area contributed by atoms with E-state index in [-0.39, 0.29) is 25.9 Å². The maximum atomic E-state index is 14.1. The fourth-order valence-electron chi connectivity index (χ4n) is 5.14. The molecule has 0 saturated heterocycles. The van der Waals surface area contributed by atoms with Gasteiger partial charge in [0, 0.05) is 12.6 Å². The van der Waals surface area contributed by atoms with E-state index in [0.29, 0.717) is 6.42 Å². The molecule has 4 aromatic carbocycles. The van der Waals surface area contributed by atoms with E-state index in [1.54, 1.807) is 60.7 Å². The molecule has 0 spiro atoms. The number of aliphatic carboxylic acids is 1. The van der Waals surface area contributed by atoms with E-state index in [9.17, 15) is 28.9 Å². The summed E-state index contributed by atoms with van der Waals surface area (Å²) < 4.78 is 19.5. The molecule has 4 rings (SSSR count). The van der Waals surface area contributed by atoms with Crippen LogP contribution in [-0.4, -0.2) is 46.0 Å². The van der Waals surface area contributed by atoms with Crippen molar-refractivity contribution in [2.75, 3.05) is 6.16 Å². The fourth-order valence-corrected chi connectivity index (χ4v) is 7.17. The topological polar surface area (TPSA) is 142 Å². The van der Waals surface area contributed by atoms with Gasteiger partial charge in [0.25, 0.3) is 0 Å². The normalized spacial score (nSPS) is 14.2. The van der Waals surface area contributed by atoms with Crippen LogP contribution in [0, 0.1) is 5.92 Å². The third-order valence-electron chi connectivity index (χ3n) is 7.61. The van der Waals surface area contributed by atoms with E-state index in [1.807, 2.05) is 60.7 Å². The Labute approximate surface area is 269 Å². The average molecular weight is 643 g/mol. The van der Waals surface area contributed by atoms with Crippen LogP contribution in [0.15, 0.2) is 121 Å². The Morgan fingerprint density at radius 1 is 0.674 bits per heavy atom. The van der Waals surface area contributed by atoms with Crippen LogP contribution in [0.4, 0.5) is 4.79 Å². The first-order valence-electron chi connectivity index (χ1n) is 15.1. The van der Waals surface area contributed by atoms with Gasteiger partial charge in [-0.25, -0.2) is 9.59 Å². The van der Waals surface area contributed by atoms with Crippen LogP contribution in [0.5, 0.6) is 0 Å². The summed E-state index contributed by atoms with van der Waals surface area (Å²) in [7, 11) is -4.29. The Balaban J connectivity index is 1.54. The number of benzene rings is 4. The summed E-state index contributed by atoms with van der Waals surface area (Å²) in [4.78, 5) is 50.3. The van der Waals surface area contributed by atoms with Crippen molar-refractivity contribution in [2.24, 2.45) is 5.92 Å². The second kappa shape index (κ2) is 17.1. The molecule has 0 aliphatic rings. The van der Waals surface area contributed by atoms with Crippen LogP contribution in [0.2, 0.25) is 0 Å². The van der Waals surface area contributed by atoms with Crippen molar-refractivity contribution in [2.45, 2.75) is 44.1 Å². The van der Waals surface area contributed by atoms with Crippen LogP contribution < -0.4 is 10.6 Å². The lowest BCUT2D eigenvalue weighted by Crippen LogP contribution is -2.46. The van der Waals surface area contributed by atoms with E-state index in [4.69, 9.17) is 4.74 Å². The third-order valence-corrected chi connectivity index (χ3v) is 9.93. The Hall–Kier alpha value is -4.72. The number of carbonyl (C=O) groups excluding carboxylic acids is 2. The van der Waals surface area contributed by atoms with Gasteiger partial charge < -0.3 is 25.4 Å².